The van der Waals surface area contributed by atoms with E-state index in [1.165, 1.54) is 11.1 Å². The molecule has 0 aliphatic rings. The summed E-state index contributed by atoms with van der Waals surface area (Å²) in [6.07, 6.45) is 0. The monoisotopic (exact) mass is 242 g/mol. The fourth-order valence-corrected chi connectivity index (χ4v) is 1.19. The summed E-state index contributed by atoms with van der Waals surface area (Å²) in [5, 5.41) is 2.84. The Morgan fingerprint density at radius 1 is 1.38 bits per heavy atom. The second-order valence-corrected chi connectivity index (χ2v) is 3.93. The van der Waals surface area contributed by atoms with Crippen molar-refractivity contribution in [2.75, 3.05) is 11.9 Å². The van der Waals surface area contributed by atoms with Crippen LogP contribution in [-0.2, 0) is 4.79 Å². The van der Waals surface area contributed by atoms with E-state index in [0.717, 1.165) is 5.69 Å². The third-order valence-corrected chi connectivity index (χ3v) is 2.58. The predicted octanol–water partition coefficient (Wildman–Crippen LogP) is 2.26. The molecule has 0 saturated heterocycles. The fraction of sp³-hybridized carbons (Fsp3) is 0.417. The smallest absolute Gasteiger partial charge is 0.228 e. The van der Waals surface area contributed by atoms with Crippen LogP contribution in [0.15, 0.2) is 18.2 Å². The van der Waals surface area contributed by atoms with Crippen molar-refractivity contribution >= 4 is 24.0 Å². The van der Waals surface area contributed by atoms with Crippen molar-refractivity contribution in [3.63, 3.8) is 0 Å². The van der Waals surface area contributed by atoms with Crippen LogP contribution in [-0.4, -0.2) is 12.5 Å². The van der Waals surface area contributed by atoms with Crippen molar-refractivity contribution < 1.29 is 4.79 Å². The number of aryl methyl sites for hydroxylation is 2. The lowest BCUT2D eigenvalue weighted by Gasteiger charge is -2.11. The first-order valence-corrected chi connectivity index (χ1v) is 5.12. The molecule has 1 aromatic carbocycles. The van der Waals surface area contributed by atoms with Crippen molar-refractivity contribution in [2.45, 2.75) is 20.8 Å². The number of nitrogens with one attached hydrogen (secondary N) is 1. The molecule has 0 aliphatic heterocycles. The highest BCUT2D eigenvalue weighted by Crippen LogP contribution is 2.14. The maximum Gasteiger partial charge on any atom is 0.228 e. The molecule has 3 N–H and O–H groups in total. The van der Waals surface area contributed by atoms with Crippen molar-refractivity contribution in [1.82, 2.24) is 0 Å². The van der Waals surface area contributed by atoms with Gasteiger partial charge < -0.3 is 11.1 Å². The topological polar surface area (TPSA) is 55.1 Å². The van der Waals surface area contributed by atoms with Crippen LogP contribution in [0.3, 0.4) is 0 Å². The van der Waals surface area contributed by atoms with Gasteiger partial charge in [-0.3, -0.25) is 4.79 Å². The molecular weight excluding hydrogens is 224 g/mol. The summed E-state index contributed by atoms with van der Waals surface area (Å²) < 4.78 is 0. The van der Waals surface area contributed by atoms with Crippen LogP contribution in [0.1, 0.15) is 18.1 Å². The van der Waals surface area contributed by atoms with E-state index in [9.17, 15) is 4.79 Å². The first-order valence-electron chi connectivity index (χ1n) is 5.12. The molecule has 0 radical (unpaired) electrons. The van der Waals surface area contributed by atoms with Gasteiger partial charge in [0, 0.05) is 18.2 Å². The zero-order chi connectivity index (χ0) is 11.4. The summed E-state index contributed by atoms with van der Waals surface area (Å²) in [6, 6.07) is 5.87. The predicted molar refractivity (Wildman–Crippen MR) is 70.0 cm³/mol. The van der Waals surface area contributed by atoms with Crippen LogP contribution in [0.2, 0.25) is 0 Å². The molecule has 1 rings (SSSR count). The van der Waals surface area contributed by atoms with Crippen molar-refractivity contribution in [2.24, 2.45) is 11.7 Å². The van der Waals surface area contributed by atoms with Gasteiger partial charge in [-0.2, -0.15) is 0 Å². The molecule has 16 heavy (non-hydrogen) atoms. The van der Waals surface area contributed by atoms with Crippen LogP contribution >= 0.6 is 12.4 Å². The van der Waals surface area contributed by atoms with E-state index in [1.807, 2.05) is 39.0 Å². The quantitative estimate of drug-likeness (QED) is 0.854. The minimum atomic E-state index is -0.147. The standard InChI is InChI=1S/C12H18N2O.ClH/c1-8-4-5-11(6-9(8)2)14-12(15)10(3)7-13;/h4-6,10H,7,13H2,1-3H3,(H,14,15);1H. The molecule has 1 atom stereocenters. The lowest BCUT2D eigenvalue weighted by Crippen LogP contribution is -2.26. The lowest BCUT2D eigenvalue weighted by atomic mass is 10.1. The Morgan fingerprint density at radius 3 is 2.50 bits per heavy atom. The number of nitrogens with two attached hydrogens (primary N) is 1. The highest BCUT2D eigenvalue weighted by Gasteiger charge is 2.10. The molecule has 1 aromatic rings. The van der Waals surface area contributed by atoms with Gasteiger partial charge in [-0.05, 0) is 37.1 Å². The first-order chi connectivity index (χ1) is 7.04. The summed E-state index contributed by atoms with van der Waals surface area (Å²) in [4.78, 5) is 11.5. The average Bonchev–Trinajstić information content (AvgIpc) is 2.22. The minimum absolute atomic E-state index is 0. The van der Waals surface area contributed by atoms with E-state index in [4.69, 9.17) is 5.73 Å². The number of anilines is 1. The van der Waals surface area contributed by atoms with E-state index in [2.05, 4.69) is 5.32 Å². The molecule has 0 aliphatic carbocycles. The van der Waals surface area contributed by atoms with Crippen molar-refractivity contribution in [3.8, 4) is 0 Å². The van der Waals surface area contributed by atoms with Crippen LogP contribution in [0.5, 0.6) is 0 Å². The number of benzene rings is 1. The molecule has 90 valence electrons. The zero-order valence-corrected chi connectivity index (χ0v) is 10.7. The van der Waals surface area contributed by atoms with Gasteiger partial charge in [0.05, 0.1) is 0 Å². The van der Waals surface area contributed by atoms with Crippen molar-refractivity contribution in [3.05, 3.63) is 29.3 Å². The zero-order valence-electron chi connectivity index (χ0n) is 9.91. The van der Waals surface area contributed by atoms with Crippen LogP contribution in [0.4, 0.5) is 5.69 Å². The van der Waals surface area contributed by atoms with E-state index in [1.54, 1.807) is 0 Å². The van der Waals surface area contributed by atoms with Gasteiger partial charge in [0.25, 0.3) is 0 Å². The highest BCUT2D eigenvalue weighted by molar-refractivity contribution is 5.92. The maximum atomic E-state index is 11.5. The van der Waals surface area contributed by atoms with Gasteiger partial charge in [-0.1, -0.05) is 13.0 Å². The summed E-state index contributed by atoms with van der Waals surface area (Å²) in [6.45, 7) is 6.26. The summed E-state index contributed by atoms with van der Waals surface area (Å²) >= 11 is 0. The molecule has 1 amide bonds. The van der Waals surface area contributed by atoms with E-state index in [0.29, 0.717) is 6.54 Å². The van der Waals surface area contributed by atoms with Gasteiger partial charge in [0.2, 0.25) is 5.91 Å². The number of carbonyl (C=O) groups excluding carboxylic acids is 1. The van der Waals surface area contributed by atoms with Crippen LogP contribution < -0.4 is 11.1 Å². The first kappa shape index (κ1) is 14.9. The SMILES string of the molecule is Cc1ccc(NC(=O)C(C)CN)cc1C.Cl. The Labute approximate surface area is 103 Å². The Morgan fingerprint density at radius 2 is 2.00 bits per heavy atom. The van der Waals surface area contributed by atoms with Crippen LogP contribution in [0.25, 0.3) is 0 Å². The Balaban J connectivity index is 0.00000225. The van der Waals surface area contributed by atoms with Gasteiger partial charge >= 0.3 is 0 Å². The van der Waals surface area contributed by atoms with E-state index < -0.39 is 0 Å². The molecule has 0 heterocycles. The molecular formula is C12H19ClN2O. The Hall–Kier alpha value is -1.06. The Bertz CT molecular complexity index is 366. The highest BCUT2D eigenvalue weighted by atomic mass is 35.5. The molecule has 1 unspecified atom stereocenters. The molecule has 4 heteroatoms. The van der Waals surface area contributed by atoms with Gasteiger partial charge in [0.1, 0.15) is 0 Å². The minimum Gasteiger partial charge on any atom is -0.330 e. The third-order valence-electron chi connectivity index (χ3n) is 2.58. The van der Waals surface area contributed by atoms with Crippen molar-refractivity contribution in [1.29, 1.82) is 0 Å². The number of amides is 1. The van der Waals surface area contributed by atoms with Crippen LogP contribution in [0, 0.1) is 19.8 Å². The largest absolute Gasteiger partial charge is 0.330 e. The number of rotatable bonds is 3. The molecule has 0 saturated carbocycles. The van der Waals surface area contributed by atoms with Gasteiger partial charge in [-0.15, -0.1) is 12.4 Å². The van der Waals surface area contributed by atoms with Gasteiger partial charge in [0.15, 0.2) is 0 Å². The lowest BCUT2D eigenvalue weighted by molar-refractivity contribution is -0.119. The number of halogens is 1. The normalized spacial score (nSPS) is 11.5. The third kappa shape index (κ3) is 3.83. The second-order valence-electron chi connectivity index (χ2n) is 3.93. The fourth-order valence-electron chi connectivity index (χ4n) is 1.19. The Kier molecular flexibility index (Phi) is 6.08. The average molecular weight is 243 g/mol. The molecule has 0 fully saturated rings. The molecule has 0 bridgehead atoms. The number of carbonyl (C=O) groups is 1. The molecule has 0 aromatic heterocycles. The number of hydrogen-bond acceptors (Lipinski definition) is 2. The maximum absolute atomic E-state index is 11.5. The van der Waals surface area contributed by atoms with E-state index in [-0.39, 0.29) is 24.2 Å². The summed E-state index contributed by atoms with van der Waals surface area (Å²) in [5.74, 6) is -0.174. The molecule has 0 spiro atoms. The van der Waals surface area contributed by atoms with Gasteiger partial charge in [-0.25, -0.2) is 0 Å². The molecule has 3 nitrogen and oxygen atoms in total. The van der Waals surface area contributed by atoms with E-state index >= 15 is 0 Å². The summed E-state index contributed by atoms with van der Waals surface area (Å²) in [7, 11) is 0. The summed E-state index contributed by atoms with van der Waals surface area (Å²) in [5.41, 5.74) is 8.65. The second kappa shape index (κ2) is 6.51. The number of hydrogen-bond donors (Lipinski definition) is 2.